The number of methoxy groups -OCH3 is 2. The number of carbonyl (C=O) groups is 2. The second kappa shape index (κ2) is 11.8. The molecular formula is C23H26BrN5O4S. The Hall–Kier alpha value is -3.18. The number of nitrogens with zero attached hydrogens (tertiary/aromatic N) is 2. The van der Waals surface area contributed by atoms with E-state index in [2.05, 4.69) is 42.1 Å². The van der Waals surface area contributed by atoms with Gasteiger partial charge < -0.3 is 20.1 Å². The highest BCUT2D eigenvalue weighted by Gasteiger charge is 2.27. The quantitative estimate of drug-likeness (QED) is 0.341. The van der Waals surface area contributed by atoms with Gasteiger partial charge in [-0.15, -0.1) is 10.2 Å². The molecule has 2 unspecified atom stereocenters. The molecule has 0 bridgehead atoms. The fraction of sp³-hybridized carbons (Fsp3) is 0.304. The first kappa shape index (κ1) is 25.4. The van der Waals surface area contributed by atoms with Crippen molar-refractivity contribution in [2.45, 2.75) is 26.3 Å². The summed E-state index contributed by atoms with van der Waals surface area (Å²) in [5.41, 5.74) is 1.37. The second-order valence-electron chi connectivity index (χ2n) is 7.47. The predicted molar refractivity (Wildman–Crippen MR) is 137 cm³/mol. The summed E-state index contributed by atoms with van der Waals surface area (Å²) in [4.78, 5) is 25.7. The zero-order chi connectivity index (χ0) is 24.7. The van der Waals surface area contributed by atoms with E-state index >= 15 is 0 Å². The molecule has 1 aromatic heterocycles. The molecule has 0 aliphatic rings. The lowest BCUT2D eigenvalue weighted by Crippen LogP contribution is -2.49. The number of halogens is 1. The van der Waals surface area contributed by atoms with Crippen LogP contribution in [0.2, 0.25) is 0 Å². The number of hydrogen-bond donors (Lipinski definition) is 3. The average Bonchev–Trinajstić information content (AvgIpc) is 3.30. The van der Waals surface area contributed by atoms with Crippen molar-refractivity contribution in [2.24, 2.45) is 5.92 Å². The Morgan fingerprint density at radius 3 is 2.26 bits per heavy atom. The third kappa shape index (κ3) is 6.67. The van der Waals surface area contributed by atoms with E-state index in [-0.39, 0.29) is 11.8 Å². The monoisotopic (exact) mass is 547 g/mol. The van der Waals surface area contributed by atoms with Crippen LogP contribution in [-0.4, -0.2) is 42.4 Å². The molecule has 0 spiro atoms. The number of carbonyl (C=O) groups excluding carboxylic acids is 2. The molecule has 2 aromatic carbocycles. The van der Waals surface area contributed by atoms with Gasteiger partial charge in [-0.05, 0) is 18.1 Å². The summed E-state index contributed by atoms with van der Waals surface area (Å²) in [7, 11) is 3.05. The number of amides is 3. The summed E-state index contributed by atoms with van der Waals surface area (Å²) in [6, 6.07) is 11.4. The molecule has 11 heteroatoms. The molecule has 0 radical (unpaired) electrons. The van der Waals surface area contributed by atoms with E-state index in [4.69, 9.17) is 9.47 Å². The fourth-order valence-electron chi connectivity index (χ4n) is 3.06. The predicted octanol–water partition coefficient (Wildman–Crippen LogP) is 5.16. The molecule has 180 valence electrons. The van der Waals surface area contributed by atoms with Crippen LogP contribution >= 0.6 is 27.3 Å². The van der Waals surface area contributed by atoms with E-state index in [0.29, 0.717) is 33.7 Å². The molecule has 2 atom stereocenters. The number of rotatable bonds is 9. The van der Waals surface area contributed by atoms with Gasteiger partial charge >= 0.3 is 6.03 Å². The molecule has 1 heterocycles. The highest BCUT2D eigenvalue weighted by molar-refractivity contribution is 9.10. The molecule has 9 nitrogen and oxygen atoms in total. The van der Waals surface area contributed by atoms with Gasteiger partial charge in [-0.3, -0.25) is 10.1 Å². The van der Waals surface area contributed by atoms with E-state index in [1.54, 1.807) is 18.2 Å². The standard InChI is InChI=1S/C23H26BrN5O4S/c1-5-13(2)19(26-22(31)25-16-10-17(32-3)12-18(11-16)33-4)20(30)27-23-29-28-21(34-23)14-6-8-15(24)9-7-14/h6-13,19H,5H2,1-4H3,(H2,25,26,31)(H,27,29,30). The van der Waals surface area contributed by atoms with Gasteiger partial charge in [-0.25, -0.2) is 4.79 Å². The van der Waals surface area contributed by atoms with Crippen molar-refractivity contribution in [1.29, 1.82) is 0 Å². The third-order valence-electron chi connectivity index (χ3n) is 5.14. The van der Waals surface area contributed by atoms with Crippen LogP contribution in [0.5, 0.6) is 11.5 Å². The molecule has 3 aromatic rings. The molecule has 34 heavy (non-hydrogen) atoms. The number of ether oxygens (including phenoxy) is 2. The van der Waals surface area contributed by atoms with E-state index in [0.717, 1.165) is 10.0 Å². The van der Waals surface area contributed by atoms with E-state index < -0.39 is 12.1 Å². The zero-order valence-corrected chi connectivity index (χ0v) is 21.6. The highest BCUT2D eigenvalue weighted by atomic mass is 79.9. The molecular weight excluding hydrogens is 522 g/mol. The maximum absolute atomic E-state index is 13.0. The van der Waals surface area contributed by atoms with Crippen LogP contribution in [0.15, 0.2) is 46.9 Å². The smallest absolute Gasteiger partial charge is 0.319 e. The molecule has 0 aliphatic heterocycles. The molecule has 0 saturated heterocycles. The summed E-state index contributed by atoms with van der Waals surface area (Å²) < 4.78 is 11.4. The van der Waals surface area contributed by atoms with Crippen LogP contribution in [-0.2, 0) is 4.79 Å². The maximum Gasteiger partial charge on any atom is 0.319 e. The van der Waals surface area contributed by atoms with Crippen molar-refractivity contribution in [3.05, 3.63) is 46.9 Å². The van der Waals surface area contributed by atoms with E-state index in [9.17, 15) is 9.59 Å². The van der Waals surface area contributed by atoms with Gasteiger partial charge in [0.2, 0.25) is 11.0 Å². The molecule has 0 saturated carbocycles. The average molecular weight is 548 g/mol. The van der Waals surface area contributed by atoms with E-state index in [1.807, 2.05) is 38.1 Å². The molecule has 3 amide bonds. The largest absolute Gasteiger partial charge is 0.497 e. The number of nitrogens with one attached hydrogen (secondary N) is 3. The van der Waals surface area contributed by atoms with Gasteiger partial charge in [0.15, 0.2) is 0 Å². The Kier molecular flexibility index (Phi) is 8.83. The lowest BCUT2D eigenvalue weighted by Gasteiger charge is -2.23. The molecule has 0 aliphatic carbocycles. The topological polar surface area (TPSA) is 114 Å². The van der Waals surface area contributed by atoms with Crippen molar-refractivity contribution < 1.29 is 19.1 Å². The molecule has 3 N–H and O–H groups in total. The van der Waals surface area contributed by atoms with Gasteiger partial charge in [0, 0.05) is 33.9 Å². The number of hydrogen-bond acceptors (Lipinski definition) is 7. The lowest BCUT2D eigenvalue weighted by atomic mass is 9.98. The SMILES string of the molecule is CCC(C)C(NC(=O)Nc1cc(OC)cc(OC)c1)C(=O)Nc1nnc(-c2ccc(Br)cc2)s1. The lowest BCUT2D eigenvalue weighted by molar-refractivity contribution is -0.119. The van der Waals surface area contributed by atoms with Crippen LogP contribution in [0, 0.1) is 5.92 Å². The Balaban J connectivity index is 1.69. The fourth-order valence-corrected chi connectivity index (χ4v) is 4.07. The van der Waals surface area contributed by atoms with E-state index in [1.165, 1.54) is 25.6 Å². The highest BCUT2D eigenvalue weighted by Crippen LogP contribution is 2.28. The van der Waals surface area contributed by atoms with Gasteiger partial charge in [0.25, 0.3) is 0 Å². The summed E-state index contributed by atoms with van der Waals surface area (Å²) >= 11 is 4.67. The number of aromatic nitrogens is 2. The van der Waals surface area contributed by atoms with Crippen LogP contribution in [0.3, 0.4) is 0 Å². The second-order valence-corrected chi connectivity index (χ2v) is 9.36. The zero-order valence-electron chi connectivity index (χ0n) is 19.2. The molecule has 3 rings (SSSR count). The van der Waals surface area contributed by atoms with Crippen molar-refractivity contribution in [2.75, 3.05) is 24.9 Å². The Bertz CT molecular complexity index is 1120. The summed E-state index contributed by atoms with van der Waals surface area (Å²) in [6.07, 6.45) is 0.686. The summed E-state index contributed by atoms with van der Waals surface area (Å²) in [6.45, 7) is 3.85. The third-order valence-corrected chi connectivity index (χ3v) is 6.55. The van der Waals surface area contributed by atoms with Gasteiger partial charge in [-0.2, -0.15) is 0 Å². The van der Waals surface area contributed by atoms with Crippen molar-refractivity contribution in [1.82, 2.24) is 15.5 Å². The maximum atomic E-state index is 13.0. The van der Waals surface area contributed by atoms with Crippen molar-refractivity contribution >= 4 is 50.0 Å². The van der Waals surface area contributed by atoms with Gasteiger partial charge in [0.05, 0.1) is 14.2 Å². The first-order valence-electron chi connectivity index (χ1n) is 10.5. The van der Waals surface area contributed by atoms with Gasteiger partial charge in [-0.1, -0.05) is 59.7 Å². The van der Waals surface area contributed by atoms with Crippen molar-refractivity contribution in [3.63, 3.8) is 0 Å². The minimum absolute atomic E-state index is 0.121. The Morgan fingerprint density at radius 1 is 1.03 bits per heavy atom. The normalized spacial score (nSPS) is 12.4. The van der Waals surface area contributed by atoms with Gasteiger partial charge in [0.1, 0.15) is 22.5 Å². The first-order valence-corrected chi connectivity index (χ1v) is 12.1. The number of benzene rings is 2. The Morgan fingerprint density at radius 2 is 1.68 bits per heavy atom. The Labute approximate surface area is 210 Å². The van der Waals surface area contributed by atoms with Crippen LogP contribution in [0.1, 0.15) is 20.3 Å². The minimum atomic E-state index is -0.780. The van der Waals surface area contributed by atoms with Crippen molar-refractivity contribution in [3.8, 4) is 22.1 Å². The van der Waals surface area contributed by atoms with Crippen LogP contribution in [0.4, 0.5) is 15.6 Å². The van der Waals surface area contributed by atoms with Crippen LogP contribution < -0.4 is 25.4 Å². The first-order chi connectivity index (χ1) is 16.3. The summed E-state index contributed by atoms with van der Waals surface area (Å²) in [5, 5.41) is 17.5. The molecule has 0 fully saturated rings. The summed E-state index contributed by atoms with van der Waals surface area (Å²) in [5.74, 6) is 0.572. The number of urea groups is 1. The van der Waals surface area contributed by atoms with Crippen LogP contribution in [0.25, 0.3) is 10.6 Å². The number of anilines is 2. The minimum Gasteiger partial charge on any atom is -0.497 e.